The molecule has 0 radical (unpaired) electrons. The molecule has 26 heavy (non-hydrogen) atoms. The summed E-state index contributed by atoms with van der Waals surface area (Å²) in [6.45, 7) is -2.76. The van der Waals surface area contributed by atoms with E-state index < -0.39 is 28.4 Å². The van der Waals surface area contributed by atoms with Gasteiger partial charge in [-0.05, 0) is 12.1 Å². The fourth-order valence-electron chi connectivity index (χ4n) is 2.36. The summed E-state index contributed by atoms with van der Waals surface area (Å²) in [5.41, 5.74) is 0.0398. The zero-order chi connectivity index (χ0) is 21.6. The van der Waals surface area contributed by atoms with Gasteiger partial charge in [0, 0.05) is 42.0 Å². The number of carbonyl (C=O) groups excluding carboxylic acids is 1. The number of aromatic nitrogens is 4. The van der Waals surface area contributed by atoms with Gasteiger partial charge in [0.2, 0.25) is 0 Å². The van der Waals surface area contributed by atoms with Gasteiger partial charge in [0.1, 0.15) is 10.5 Å². The smallest absolute Gasteiger partial charge is 0.273 e. The Morgan fingerprint density at radius 2 is 2.12 bits per heavy atom. The highest BCUT2D eigenvalue weighted by atomic mass is 35.5. The topological polar surface area (TPSA) is 119 Å². The van der Waals surface area contributed by atoms with E-state index in [1.54, 1.807) is 29.2 Å². The third-order valence-electron chi connectivity index (χ3n) is 3.55. The number of pyridine rings is 1. The van der Waals surface area contributed by atoms with Crippen LogP contribution in [0.25, 0.3) is 11.0 Å². The van der Waals surface area contributed by atoms with Crippen molar-refractivity contribution in [1.29, 1.82) is 0 Å². The first kappa shape index (κ1) is 14.4. The number of nitrogens with zero attached hydrogens (tertiary/aromatic N) is 4. The van der Waals surface area contributed by atoms with Crippen LogP contribution in [0.1, 0.15) is 14.6 Å². The molecule has 3 aromatic rings. The molecule has 3 rings (SSSR count). The van der Waals surface area contributed by atoms with E-state index in [-0.39, 0.29) is 21.6 Å². The lowest BCUT2D eigenvalue weighted by atomic mass is 10.3. The molecule has 0 unspecified atom stereocenters. The normalized spacial score (nSPS) is 13.7. The van der Waals surface area contributed by atoms with Crippen LogP contribution in [0, 0.1) is 0 Å². The first-order valence-corrected chi connectivity index (χ1v) is 9.41. The molecule has 0 aliphatic carbocycles. The zero-order valence-corrected chi connectivity index (χ0v) is 15.2. The van der Waals surface area contributed by atoms with Crippen LogP contribution in [0.2, 0.25) is 5.15 Å². The van der Waals surface area contributed by atoms with Crippen LogP contribution in [0.5, 0.6) is 0 Å². The minimum absolute atomic E-state index is 0.0577. The molecule has 0 aromatic carbocycles. The van der Waals surface area contributed by atoms with Crippen molar-refractivity contribution in [2.75, 3.05) is 18.5 Å². The average Bonchev–Trinajstić information content (AvgIpc) is 2.92. The van der Waals surface area contributed by atoms with Gasteiger partial charge in [-0.3, -0.25) is 4.79 Å². The second-order valence-electron chi connectivity index (χ2n) is 5.46. The fourth-order valence-corrected chi connectivity index (χ4v) is 3.29. The Hall–Kier alpha value is -2.72. The van der Waals surface area contributed by atoms with E-state index in [2.05, 4.69) is 20.5 Å². The van der Waals surface area contributed by atoms with E-state index in [0.717, 1.165) is 6.26 Å². The maximum atomic E-state index is 12.3. The maximum absolute atomic E-state index is 12.3. The molecule has 0 aliphatic rings. The number of halogens is 1. The molecule has 3 heterocycles. The molecule has 9 nitrogen and oxygen atoms in total. The Morgan fingerprint density at radius 1 is 1.35 bits per heavy atom. The molecule has 0 fully saturated rings. The number of nitrogens with one attached hydrogen (secondary N) is 2. The number of carbonyl (C=O) groups is 1. The van der Waals surface area contributed by atoms with Crippen LogP contribution in [0.15, 0.2) is 29.3 Å². The summed E-state index contributed by atoms with van der Waals surface area (Å²) >= 11 is 5.85. The van der Waals surface area contributed by atoms with Gasteiger partial charge >= 0.3 is 0 Å². The van der Waals surface area contributed by atoms with Gasteiger partial charge in [0.15, 0.2) is 26.5 Å². The van der Waals surface area contributed by atoms with E-state index in [1.165, 1.54) is 12.1 Å². The summed E-state index contributed by atoms with van der Waals surface area (Å²) in [5, 5.41) is 12.2. The second kappa shape index (κ2) is 6.54. The first-order valence-electron chi connectivity index (χ1n) is 8.64. The summed E-state index contributed by atoms with van der Waals surface area (Å²) in [5.74, 6) is -1.12. The molecule has 0 saturated heterocycles. The third kappa shape index (κ3) is 3.33. The summed E-state index contributed by atoms with van der Waals surface area (Å²) in [6.07, 6.45) is 2.73. The summed E-state index contributed by atoms with van der Waals surface area (Å²) in [7, 11) is -1.97. The Balaban J connectivity index is 2.15. The molecular weight excluding hydrogens is 380 g/mol. The number of hydrogen-bond acceptors (Lipinski definition) is 7. The number of sulfone groups is 1. The van der Waals surface area contributed by atoms with Crippen molar-refractivity contribution in [2.45, 2.75) is 4.90 Å². The molecule has 11 heteroatoms. The maximum Gasteiger partial charge on any atom is 0.273 e. The van der Waals surface area contributed by atoms with Crippen molar-refractivity contribution < 1.29 is 17.3 Å². The van der Waals surface area contributed by atoms with Gasteiger partial charge in [-0.2, -0.15) is 0 Å². The Kier molecular flexibility index (Phi) is 3.63. The molecule has 2 N–H and O–H groups in total. The Bertz CT molecular complexity index is 1230. The van der Waals surface area contributed by atoms with Gasteiger partial charge < -0.3 is 15.2 Å². The molecule has 0 bridgehead atoms. The molecule has 0 saturated carbocycles. The van der Waals surface area contributed by atoms with Crippen LogP contribution >= 0.6 is 11.6 Å². The van der Waals surface area contributed by atoms with Crippen molar-refractivity contribution >= 4 is 49.9 Å². The fraction of sp³-hybridized carbons (Fsp3) is 0.200. The van der Waals surface area contributed by atoms with Crippen molar-refractivity contribution in [3.8, 4) is 0 Å². The summed E-state index contributed by atoms with van der Waals surface area (Å²) in [4.78, 5) is 16.5. The molecule has 0 atom stereocenters. The van der Waals surface area contributed by atoms with E-state index in [4.69, 9.17) is 15.7 Å². The third-order valence-corrected chi connectivity index (χ3v) is 4.85. The van der Waals surface area contributed by atoms with Crippen LogP contribution in [0.4, 0.5) is 11.5 Å². The summed E-state index contributed by atoms with van der Waals surface area (Å²) in [6, 6.07) is 4.37. The van der Waals surface area contributed by atoms with Crippen molar-refractivity contribution in [2.24, 2.45) is 7.05 Å². The standard InChI is InChI=1S/C15H15ClN6O3S/c1-17-15(23)12-9(7-11(16)20-21-12)18-13-10(26(3,24)25)6-8-4-5-22(2)14(8)19-13/h4-7H,1-3H3,(H,17,23)(H,18,19,20)/i1D3. The minimum atomic E-state index is -3.70. The van der Waals surface area contributed by atoms with Crippen molar-refractivity contribution in [3.05, 3.63) is 35.2 Å². The van der Waals surface area contributed by atoms with Crippen LogP contribution in [-0.4, -0.2) is 47.3 Å². The zero-order valence-electron chi connectivity index (χ0n) is 16.6. The van der Waals surface area contributed by atoms with E-state index >= 15 is 0 Å². The predicted octanol–water partition coefficient (Wildman–Crippen LogP) is 1.52. The number of anilines is 2. The number of aryl methyl sites for hydroxylation is 1. The van der Waals surface area contributed by atoms with E-state index in [9.17, 15) is 13.2 Å². The minimum Gasteiger partial charge on any atom is -0.354 e. The number of fused-ring (bicyclic) bond motifs is 1. The highest BCUT2D eigenvalue weighted by molar-refractivity contribution is 7.90. The lowest BCUT2D eigenvalue weighted by molar-refractivity contribution is 0.0958. The van der Waals surface area contributed by atoms with Crippen LogP contribution in [-0.2, 0) is 16.9 Å². The lowest BCUT2D eigenvalue weighted by Crippen LogP contribution is -2.21. The van der Waals surface area contributed by atoms with Crippen LogP contribution < -0.4 is 10.6 Å². The van der Waals surface area contributed by atoms with Gasteiger partial charge in [-0.25, -0.2) is 13.4 Å². The largest absolute Gasteiger partial charge is 0.354 e. The van der Waals surface area contributed by atoms with Crippen molar-refractivity contribution in [3.63, 3.8) is 0 Å². The molecule has 1 amide bonds. The molecule has 0 aliphatic heterocycles. The lowest BCUT2D eigenvalue weighted by Gasteiger charge is -2.13. The number of hydrogen-bond donors (Lipinski definition) is 2. The Labute approximate surface area is 158 Å². The predicted molar refractivity (Wildman–Crippen MR) is 97.5 cm³/mol. The van der Waals surface area contributed by atoms with Crippen molar-refractivity contribution in [1.82, 2.24) is 25.1 Å². The molecule has 0 spiro atoms. The SMILES string of the molecule is [2H]C([2H])([2H])NC(=O)c1nnc(Cl)cc1Nc1nc2c(ccn2C)cc1S(C)(=O)=O. The van der Waals surface area contributed by atoms with Gasteiger partial charge in [0.25, 0.3) is 5.91 Å². The second-order valence-corrected chi connectivity index (χ2v) is 7.83. The highest BCUT2D eigenvalue weighted by Crippen LogP contribution is 2.29. The molecule has 3 aromatic heterocycles. The number of rotatable bonds is 4. The summed E-state index contributed by atoms with van der Waals surface area (Å²) < 4.78 is 47.7. The quantitative estimate of drug-likeness (QED) is 0.684. The molecular formula is C15H15ClN6O3S. The number of amides is 1. The van der Waals surface area contributed by atoms with E-state index in [0.29, 0.717) is 11.0 Å². The van der Waals surface area contributed by atoms with Crippen LogP contribution in [0.3, 0.4) is 0 Å². The monoisotopic (exact) mass is 397 g/mol. The average molecular weight is 398 g/mol. The molecule has 136 valence electrons. The van der Waals surface area contributed by atoms with Gasteiger partial charge in [-0.15, -0.1) is 10.2 Å². The van der Waals surface area contributed by atoms with E-state index in [1.807, 2.05) is 0 Å². The Morgan fingerprint density at radius 3 is 2.81 bits per heavy atom. The highest BCUT2D eigenvalue weighted by Gasteiger charge is 2.21. The first-order chi connectivity index (χ1) is 13.3. The van der Waals surface area contributed by atoms with Gasteiger partial charge in [-0.1, -0.05) is 11.6 Å². The van der Waals surface area contributed by atoms with Gasteiger partial charge in [0.05, 0.1) is 5.69 Å².